The molecule has 0 spiro atoms. The van der Waals surface area contributed by atoms with Crippen molar-refractivity contribution < 1.29 is 9.21 Å². The molecule has 0 atom stereocenters. The molecule has 0 radical (unpaired) electrons. The summed E-state index contributed by atoms with van der Waals surface area (Å²) in [5.41, 5.74) is 7.64. The van der Waals surface area contributed by atoms with Crippen molar-refractivity contribution in [1.82, 2.24) is 15.2 Å². The van der Waals surface area contributed by atoms with Crippen LogP contribution in [0.25, 0.3) is 11.0 Å². The van der Waals surface area contributed by atoms with Gasteiger partial charge >= 0.3 is 5.91 Å². The third-order valence-electron chi connectivity index (χ3n) is 4.97. The molecule has 0 saturated heterocycles. The number of rotatable bonds is 5. The van der Waals surface area contributed by atoms with E-state index < -0.39 is 5.91 Å². The molecule has 1 N–H and O–H groups in total. The highest BCUT2D eigenvalue weighted by Gasteiger charge is 2.17. The molecule has 4 aromatic rings. The van der Waals surface area contributed by atoms with Gasteiger partial charge in [0.2, 0.25) is 0 Å². The maximum absolute atomic E-state index is 12.5. The zero-order valence-corrected chi connectivity index (χ0v) is 17.7. The van der Waals surface area contributed by atoms with Gasteiger partial charge < -0.3 is 4.42 Å². The van der Waals surface area contributed by atoms with Crippen LogP contribution in [-0.2, 0) is 6.54 Å². The Bertz CT molecular complexity index is 1250. The monoisotopic (exact) mass is 420 g/mol. The Balaban J connectivity index is 1.49. The van der Waals surface area contributed by atoms with Crippen LogP contribution in [0.5, 0.6) is 0 Å². The average molecular weight is 421 g/mol. The maximum Gasteiger partial charge on any atom is 0.307 e. The van der Waals surface area contributed by atoms with Gasteiger partial charge in [0, 0.05) is 10.9 Å². The summed E-state index contributed by atoms with van der Waals surface area (Å²) in [4.78, 5) is 12.5. The average Bonchev–Trinajstić information content (AvgIpc) is 3.21. The van der Waals surface area contributed by atoms with Gasteiger partial charge in [-0.3, -0.25) is 4.79 Å². The lowest BCUT2D eigenvalue weighted by Crippen LogP contribution is -2.17. The van der Waals surface area contributed by atoms with Crippen LogP contribution in [0, 0.1) is 20.8 Å². The minimum Gasteiger partial charge on any atom is -0.451 e. The Morgan fingerprint density at radius 2 is 1.90 bits per heavy atom. The number of carbonyl (C=O) groups is 1. The van der Waals surface area contributed by atoms with Crippen LogP contribution in [0.1, 0.15) is 38.5 Å². The third kappa shape index (κ3) is 3.86. The smallest absolute Gasteiger partial charge is 0.307 e. The van der Waals surface area contributed by atoms with Gasteiger partial charge in [-0.25, -0.2) is 10.1 Å². The van der Waals surface area contributed by atoms with E-state index in [4.69, 9.17) is 16.0 Å². The lowest BCUT2D eigenvalue weighted by Gasteiger charge is -2.04. The van der Waals surface area contributed by atoms with Gasteiger partial charge in [-0.15, -0.1) is 0 Å². The van der Waals surface area contributed by atoms with Gasteiger partial charge in [0.25, 0.3) is 0 Å². The highest BCUT2D eigenvalue weighted by Crippen LogP contribution is 2.25. The standard InChI is InChI=1S/C23H21ClN4O2/c1-14-8-10-17(11-9-14)13-28-22(24)19(16(3)27-28)12-25-26-23(29)21-15(2)18-6-4-5-7-20(18)30-21/h4-12H,13H2,1-3H3,(H,26,29)/b25-12-. The predicted molar refractivity (Wildman–Crippen MR) is 118 cm³/mol. The fourth-order valence-electron chi connectivity index (χ4n) is 3.28. The minimum atomic E-state index is -0.416. The number of furan rings is 1. The van der Waals surface area contributed by atoms with Crippen LogP contribution in [0.15, 0.2) is 58.0 Å². The molecule has 0 aliphatic carbocycles. The Morgan fingerprint density at radius 1 is 1.17 bits per heavy atom. The fourth-order valence-corrected chi connectivity index (χ4v) is 3.57. The number of aromatic nitrogens is 2. The molecular weight excluding hydrogens is 400 g/mol. The molecule has 0 fully saturated rings. The number of halogens is 1. The van der Waals surface area contributed by atoms with E-state index in [2.05, 4.69) is 27.8 Å². The molecule has 0 unspecified atom stereocenters. The van der Waals surface area contributed by atoms with Gasteiger partial charge in [-0.1, -0.05) is 59.6 Å². The molecule has 0 aliphatic rings. The quantitative estimate of drug-likeness (QED) is 0.364. The van der Waals surface area contributed by atoms with E-state index in [-0.39, 0.29) is 5.76 Å². The second-order valence-electron chi connectivity index (χ2n) is 7.18. The molecule has 1 amide bonds. The van der Waals surface area contributed by atoms with Crippen LogP contribution in [0.3, 0.4) is 0 Å². The van der Waals surface area contributed by atoms with E-state index in [0.29, 0.717) is 22.8 Å². The van der Waals surface area contributed by atoms with Crippen molar-refractivity contribution in [2.75, 3.05) is 0 Å². The van der Waals surface area contributed by atoms with Gasteiger partial charge in [-0.05, 0) is 32.4 Å². The maximum atomic E-state index is 12.5. The van der Waals surface area contributed by atoms with Crippen LogP contribution < -0.4 is 5.43 Å². The first-order valence-corrected chi connectivity index (χ1v) is 9.92. The van der Waals surface area contributed by atoms with Crippen molar-refractivity contribution in [2.45, 2.75) is 27.3 Å². The number of amides is 1. The molecule has 152 valence electrons. The Morgan fingerprint density at radius 3 is 2.63 bits per heavy atom. The number of nitrogens with zero attached hydrogens (tertiary/aromatic N) is 3. The van der Waals surface area contributed by atoms with Crippen molar-refractivity contribution in [3.63, 3.8) is 0 Å². The summed E-state index contributed by atoms with van der Waals surface area (Å²) in [6, 6.07) is 15.7. The van der Waals surface area contributed by atoms with E-state index in [1.54, 1.807) is 4.68 Å². The number of hydrogen-bond acceptors (Lipinski definition) is 4. The van der Waals surface area contributed by atoms with E-state index in [9.17, 15) is 4.79 Å². The first-order valence-electron chi connectivity index (χ1n) is 9.54. The third-order valence-corrected chi connectivity index (χ3v) is 5.37. The number of benzene rings is 2. The Kier molecular flexibility index (Phi) is 5.42. The van der Waals surface area contributed by atoms with Crippen LogP contribution >= 0.6 is 11.6 Å². The molecule has 2 heterocycles. The normalized spacial score (nSPS) is 11.5. The molecular formula is C23H21ClN4O2. The highest BCUT2D eigenvalue weighted by molar-refractivity contribution is 6.32. The molecule has 0 bridgehead atoms. The number of fused-ring (bicyclic) bond motifs is 1. The molecule has 6 nitrogen and oxygen atoms in total. The number of aryl methyl sites for hydroxylation is 3. The molecule has 30 heavy (non-hydrogen) atoms. The second kappa shape index (κ2) is 8.16. The number of nitrogens with one attached hydrogen (secondary N) is 1. The fraction of sp³-hybridized carbons (Fsp3) is 0.174. The number of carbonyl (C=O) groups excluding carboxylic acids is 1. The van der Waals surface area contributed by atoms with E-state index >= 15 is 0 Å². The summed E-state index contributed by atoms with van der Waals surface area (Å²) < 4.78 is 7.38. The summed E-state index contributed by atoms with van der Waals surface area (Å²) >= 11 is 6.50. The van der Waals surface area contributed by atoms with Gasteiger partial charge in [-0.2, -0.15) is 10.2 Å². The van der Waals surface area contributed by atoms with Crippen LogP contribution in [-0.4, -0.2) is 21.9 Å². The SMILES string of the molecule is Cc1ccc(Cn2nc(C)c(/C=N\NC(=O)c3oc4ccccc4c3C)c2Cl)cc1. The predicted octanol–water partition coefficient (Wildman–Crippen LogP) is 5.02. The zero-order valence-electron chi connectivity index (χ0n) is 16.9. The van der Waals surface area contributed by atoms with Crippen LogP contribution in [0.2, 0.25) is 5.15 Å². The zero-order chi connectivity index (χ0) is 21.3. The molecule has 0 aliphatic heterocycles. The van der Waals surface area contributed by atoms with Crippen molar-refractivity contribution in [1.29, 1.82) is 0 Å². The lowest BCUT2D eigenvalue weighted by molar-refractivity contribution is 0.0929. The first kappa shape index (κ1) is 19.9. The summed E-state index contributed by atoms with van der Waals surface area (Å²) in [6.07, 6.45) is 1.51. The number of para-hydroxylation sites is 1. The summed E-state index contributed by atoms with van der Waals surface area (Å²) in [5, 5.41) is 9.92. The number of hydrogen-bond donors (Lipinski definition) is 1. The van der Waals surface area contributed by atoms with Gasteiger partial charge in [0.05, 0.1) is 24.0 Å². The molecule has 2 aromatic carbocycles. The molecule has 2 aromatic heterocycles. The first-order chi connectivity index (χ1) is 14.4. The summed E-state index contributed by atoms with van der Waals surface area (Å²) in [7, 11) is 0. The topological polar surface area (TPSA) is 72.4 Å². The van der Waals surface area contributed by atoms with E-state index in [1.165, 1.54) is 11.8 Å². The highest BCUT2D eigenvalue weighted by atomic mass is 35.5. The minimum absolute atomic E-state index is 0.242. The largest absolute Gasteiger partial charge is 0.451 e. The van der Waals surface area contributed by atoms with Crippen molar-refractivity contribution in [2.24, 2.45) is 5.10 Å². The van der Waals surface area contributed by atoms with E-state index in [1.807, 2.05) is 57.2 Å². The van der Waals surface area contributed by atoms with Gasteiger partial charge in [0.15, 0.2) is 5.76 Å². The van der Waals surface area contributed by atoms with Crippen LogP contribution in [0.4, 0.5) is 0 Å². The van der Waals surface area contributed by atoms with Crippen molar-refractivity contribution in [3.05, 3.63) is 87.4 Å². The molecule has 7 heteroatoms. The number of hydrazone groups is 1. The Labute approximate surface area is 179 Å². The van der Waals surface area contributed by atoms with E-state index in [0.717, 1.165) is 22.2 Å². The van der Waals surface area contributed by atoms with Crippen molar-refractivity contribution >= 4 is 34.7 Å². The molecule has 0 saturated carbocycles. The second-order valence-corrected chi connectivity index (χ2v) is 7.54. The summed E-state index contributed by atoms with van der Waals surface area (Å²) in [6.45, 7) is 6.30. The van der Waals surface area contributed by atoms with Crippen molar-refractivity contribution in [3.8, 4) is 0 Å². The Hall–Kier alpha value is -3.38. The summed E-state index contributed by atoms with van der Waals surface area (Å²) in [5.74, 6) is -0.174. The lowest BCUT2D eigenvalue weighted by atomic mass is 10.1. The molecule has 4 rings (SSSR count). The van der Waals surface area contributed by atoms with Gasteiger partial charge in [0.1, 0.15) is 10.7 Å².